The van der Waals surface area contributed by atoms with Gasteiger partial charge in [-0.05, 0) is 69.1 Å². The van der Waals surface area contributed by atoms with Gasteiger partial charge in [0, 0.05) is 14.2 Å². The van der Waals surface area contributed by atoms with Crippen LogP contribution in [0, 0.1) is 0 Å². The summed E-state index contributed by atoms with van der Waals surface area (Å²) >= 11 is 0. The SMILES string of the molecule is COCC/C(=C(\B(c1ccccc1)c1ccccc1)c1ccccc1)c1ccc2cc(/C(CCOC)=C(/B(c3ccccc3)c3ccccc3)c3ccccc3)ccc2c1. The van der Waals surface area contributed by atoms with Crippen LogP contribution in [0.4, 0.5) is 0 Å². The number of ether oxygens (including phenoxy) is 2. The summed E-state index contributed by atoms with van der Waals surface area (Å²) in [5.41, 5.74) is 15.0. The smallest absolute Gasteiger partial charge is 0.242 e. The molecule has 0 saturated carbocycles. The van der Waals surface area contributed by atoms with Gasteiger partial charge in [-0.15, -0.1) is 0 Å². The zero-order chi connectivity index (χ0) is 40.9. The van der Waals surface area contributed by atoms with E-state index in [9.17, 15) is 0 Å². The molecule has 0 unspecified atom stereocenters. The highest BCUT2D eigenvalue weighted by molar-refractivity contribution is 7.01. The standard InChI is InChI=1S/C56H50B2O2/c1-59-39-37-53(55(43-21-9-3-10-22-43)57(49-25-13-5-14-26-49)50-27-15-6-16-28-50)47-35-33-46-42-48(36-34-45(46)41-47)54(38-40-60-2)56(44-23-11-4-12-24-44)58(51-29-17-7-18-30-51)52-31-19-8-20-32-52/h3-36,41-42H,37-40H2,1-2H3/b55-53+,56-54+. The van der Waals surface area contributed by atoms with E-state index in [1.807, 2.05) is 0 Å². The van der Waals surface area contributed by atoms with Gasteiger partial charge >= 0.3 is 0 Å². The number of hydrogen-bond donors (Lipinski definition) is 0. The van der Waals surface area contributed by atoms with Gasteiger partial charge in [0.1, 0.15) is 0 Å². The summed E-state index contributed by atoms with van der Waals surface area (Å²) in [6, 6.07) is 79.5. The van der Waals surface area contributed by atoms with E-state index in [0.717, 1.165) is 12.8 Å². The number of benzene rings is 8. The Hall–Kier alpha value is -6.45. The third kappa shape index (κ3) is 9.22. The molecular weight excluding hydrogens is 726 g/mol. The van der Waals surface area contributed by atoms with Crippen LogP contribution in [0.15, 0.2) is 218 Å². The minimum atomic E-state index is 0.0202. The molecule has 8 rings (SSSR count). The van der Waals surface area contributed by atoms with Gasteiger partial charge in [-0.2, -0.15) is 0 Å². The quantitative estimate of drug-likeness (QED) is 0.0719. The zero-order valence-corrected chi connectivity index (χ0v) is 34.6. The van der Waals surface area contributed by atoms with E-state index in [-0.39, 0.29) is 13.4 Å². The van der Waals surface area contributed by atoms with E-state index in [1.54, 1.807) is 14.2 Å². The highest BCUT2D eigenvalue weighted by Gasteiger charge is 2.30. The normalized spacial score (nSPS) is 12.1. The van der Waals surface area contributed by atoms with Crippen LogP contribution >= 0.6 is 0 Å². The Balaban J connectivity index is 1.33. The first-order chi connectivity index (χ1) is 29.7. The predicted molar refractivity (Wildman–Crippen MR) is 259 cm³/mol. The van der Waals surface area contributed by atoms with Crippen LogP contribution in [-0.4, -0.2) is 40.9 Å². The van der Waals surface area contributed by atoms with Crippen LogP contribution < -0.4 is 21.9 Å². The topological polar surface area (TPSA) is 18.5 Å². The van der Waals surface area contributed by atoms with Crippen molar-refractivity contribution in [1.29, 1.82) is 0 Å². The second-order valence-electron chi connectivity index (χ2n) is 15.3. The van der Waals surface area contributed by atoms with Crippen LogP contribution in [-0.2, 0) is 9.47 Å². The fourth-order valence-corrected chi connectivity index (χ4v) is 8.80. The molecule has 0 aliphatic rings. The monoisotopic (exact) mass is 776 g/mol. The lowest BCUT2D eigenvalue weighted by Gasteiger charge is -2.25. The molecule has 0 fully saturated rings. The molecule has 0 heterocycles. The number of fused-ring (bicyclic) bond motifs is 1. The number of rotatable bonds is 16. The van der Waals surface area contributed by atoms with Gasteiger partial charge in [0.2, 0.25) is 13.4 Å². The third-order valence-electron chi connectivity index (χ3n) is 11.6. The van der Waals surface area contributed by atoms with Crippen molar-refractivity contribution in [2.75, 3.05) is 27.4 Å². The summed E-state index contributed by atoms with van der Waals surface area (Å²) in [4.78, 5) is 0. The van der Waals surface area contributed by atoms with Crippen molar-refractivity contribution < 1.29 is 9.47 Å². The Morgan fingerprint density at radius 1 is 0.333 bits per heavy atom. The van der Waals surface area contributed by atoms with E-state index in [0.29, 0.717) is 13.2 Å². The Kier molecular flexibility index (Phi) is 13.4. The van der Waals surface area contributed by atoms with Crippen molar-refractivity contribution in [2.24, 2.45) is 0 Å². The molecule has 60 heavy (non-hydrogen) atoms. The lowest BCUT2D eigenvalue weighted by Crippen LogP contribution is -2.44. The van der Waals surface area contributed by atoms with Crippen molar-refractivity contribution in [3.05, 3.63) is 241 Å². The van der Waals surface area contributed by atoms with Gasteiger partial charge in [0.15, 0.2) is 0 Å². The van der Waals surface area contributed by atoms with Gasteiger partial charge in [-0.3, -0.25) is 0 Å². The fraction of sp³-hybridized carbons (Fsp3) is 0.107. The van der Waals surface area contributed by atoms with Gasteiger partial charge in [0.25, 0.3) is 0 Å². The second kappa shape index (κ2) is 20.0. The van der Waals surface area contributed by atoms with Crippen molar-refractivity contribution in [2.45, 2.75) is 12.8 Å². The van der Waals surface area contributed by atoms with E-state index >= 15 is 0 Å². The van der Waals surface area contributed by atoms with E-state index < -0.39 is 0 Å². The first kappa shape index (κ1) is 40.3. The summed E-state index contributed by atoms with van der Waals surface area (Å²) in [5.74, 6) is 0. The summed E-state index contributed by atoms with van der Waals surface area (Å²) in [6.45, 7) is 1.26. The van der Waals surface area contributed by atoms with Gasteiger partial charge in [-0.1, -0.05) is 239 Å². The summed E-state index contributed by atoms with van der Waals surface area (Å²) in [6.07, 6.45) is 1.54. The largest absolute Gasteiger partial charge is 0.384 e. The molecule has 0 aromatic heterocycles. The molecule has 0 radical (unpaired) electrons. The molecule has 0 spiro atoms. The third-order valence-corrected chi connectivity index (χ3v) is 11.6. The maximum atomic E-state index is 5.83. The summed E-state index contributed by atoms with van der Waals surface area (Å²) < 4.78 is 11.7. The zero-order valence-electron chi connectivity index (χ0n) is 34.6. The van der Waals surface area contributed by atoms with E-state index in [4.69, 9.17) is 9.47 Å². The number of methoxy groups -OCH3 is 2. The second-order valence-corrected chi connectivity index (χ2v) is 15.3. The van der Waals surface area contributed by atoms with Crippen LogP contribution in [0.1, 0.15) is 35.1 Å². The Morgan fingerprint density at radius 2 is 0.617 bits per heavy atom. The van der Waals surface area contributed by atoms with Crippen LogP contribution in [0.3, 0.4) is 0 Å². The lowest BCUT2D eigenvalue weighted by atomic mass is 9.34. The van der Waals surface area contributed by atoms with Crippen molar-refractivity contribution >= 4 is 68.1 Å². The molecule has 292 valence electrons. The summed E-state index contributed by atoms with van der Waals surface area (Å²) in [5, 5.41) is 2.40. The molecule has 0 saturated heterocycles. The summed E-state index contributed by atoms with van der Waals surface area (Å²) in [7, 11) is 3.60. The minimum absolute atomic E-state index is 0.0202. The Morgan fingerprint density at radius 3 is 0.900 bits per heavy atom. The van der Waals surface area contributed by atoms with Crippen molar-refractivity contribution in [3.8, 4) is 0 Å². The fourth-order valence-electron chi connectivity index (χ4n) is 8.80. The van der Waals surface area contributed by atoms with Gasteiger partial charge in [0.05, 0.1) is 13.2 Å². The first-order valence-electron chi connectivity index (χ1n) is 21.0. The molecule has 0 atom stereocenters. The molecule has 4 heteroatoms. The van der Waals surface area contributed by atoms with Gasteiger partial charge in [-0.25, -0.2) is 0 Å². The highest BCUT2D eigenvalue weighted by atomic mass is 16.5. The first-order valence-corrected chi connectivity index (χ1v) is 21.0. The molecule has 0 amide bonds. The molecule has 0 aliphatic heterocycles. The molecule has 0 aliphatic carbocycles. The van der Waals surface area contributed by atoms with Crippen LogP contribution in [0.5, 0.6) is 0 Å². The average molecular weight is 777 g/mol. The Labute approximate surface area is 357 Å². The highest BCUT2D eigenvalue weighted by Crippen LogP contribution is 2.36. The predicted octanol–water partition coefficient (Wildman–Crippen LogP) is 10.4. The number of hydrogen-bond acceptors (Lipinski definition) is 2. The average Bonchev–Trinajstić information content (AvgIpc) is 3.32. The van der Waals surface area contributed by atoms with Gasteiger partial charge < -0.3 is 9.47 Å². The van der Waals surface area contributed by atoms with Crippen LogP contribution in [0.2, 0.25) is 0 Å². The van der Waals surface area contributed by atoms with E-state index in [1.165, 1.54) is 77.0 Å². The van der Waals surface area contributed by atoms with Crippen molar-refractivity contribution in [3.63, 3.8) is 0 Å². The molecule has 8 aromatic carbocycles. The molecular formula is C56H50B2O2. The van der Waals surface area contributed by atoms with Crippen LogP contribution in [0.25, 0.3) is 32.9 Å². The van der Waals surface area contributed by atoms with Crippen molar-refractivity contribution in [1.82, 2.24) is 0 Å². The maximum absolute atomic E-state index is 5.83. The molecule has 0 bridgehead atoms. The molecule has 0 N–H and O–H groups in total. The minimum Gasteiger partial charge on any atom is -0.384 e. The lowest BCUT2D eigenvalue weighted by molar-refractivity contribution is 0.206. The molecule has 2 nitrogen and oxygen atoms in total. The molecule has 8 aromatic rings. The van der Waals surface area contributed by atoms with E-state index in [2.05, 4.69) is 218 Å². The maximum Gasteiger partial charge on any atom is 0.242 e. The Bertz CT molecular complexity index is 2380.